The highest BCUT2D eigenvalue weighted by Crippen LogP contribution is 2.21. The number of ether oxygens (including phenoxy) is 1. The number of rotatable bonds is 6. The quantitative estimate of drug-likeness (QED) is 0.827. The molecule has 0 radical (unpaired) electrons. The van der Waals surface area contributed by atoms with E-state index in [9.17, 15) is 9.59 Å². The molecule has 0 bridgehead atoms. The maximum atomic E-state index is 12.3. The molecular formula is C19H21NO3. The number of hydrogen-bond donors (Lipinski definition) is 1. The van der Waals surface area contributed by atoms with Crippen LogP contribution in [-0.4, -0.2) is 18.0 Å². The summed E-state index contributed by atoms with van der Waals surface area (Å²) in [7, 11) is 0. The van der Waals surface area contributed by atoms with Crippen molar-refractivity contribution in [1.29, 1.82) is 0 Å². The first-order valence-corrected chi connectivity index (χ1v) is 7.73. The minimum Gasteiger partial charge on any atom is -0.452 e. The van der Waals surface area contributed by atoms with Gasteiger partial charge in [0, 0.05) is 5.69 Å². The van der Waals surface area contributed by atoms with Gasteiger partial charge in [0.05, 0.1) is 5.92 Å². The van der Waals surface area contributed by atoms with Crippen LogP contribution in [0, 0.1) is 0 Å². The summed E-state index contributed by atoms with van der Waals surface area (Å²) in [4.78, 5) is 24.4. The van der Waals surface area contributed by atoms with Crippen LogP contribution in [0.2, 0.25) is 0 Å². The Morgan fingerprint density at radius 2 is 1.57 bits per heavy atom. The summed E-state index contributed by atoms with van der Waals surface area (Å²) in [5, 5.41) is 2.73. The maximum Gasteiger partial charge on any atom is 0.314 e. The molecule has 2 rings (SSSR count). The standard InChI is InChI=1S/C19H21NO3/c1-3-17(15-10-6-4-7-11-15)19(22)23-14(2)18(21)20-16-12-8-5-9-13-16/h4-14,17H,3H2,1-2H3,(H,20,21)/t14-,17-/m1/s1. The van der Waals surface area contributed by atoms with Crippen LogP contribution in [0.3, 0.4) is 0 Å². The Morgan fingerprint density at radius 1 is 1.00 bits per heavy atom. The Hall–Kier alpha value is -2.62. The average Bonchev–Trinajstić information content (AvgIpc) is 2.57. The summed E-state index contributed by atoms with van der Waals surface area (Å²) in [5.41, 5.74) is 1.58. The predicted molar refractivity (Wildman–Crippen MR) is 90.1 cm³/mol. The smallest absolute Gasteiger partial charge is 0.314 e. The zero-order valence-corrected chi connectivity index (χ0v) is 13.4. The molecule has 0 heterocycles. The van der Waals surface area contributed by atoms with Gasteiger partial charge in [-0.1, -0.05) is 55.5 Å². The zero-order chi connectivity index (χ0) is 16.7. The highest BCUT2D eigenvalue weighted by Gasteiger charge is 2.25. The van der Waals surface area contributed by atoms with Gasteiger partial charge in [-0.3, -0.25) is 9.59 Å². The van der Waals surface area contributed by atoms with Crippen molar-refractivity contribution in [2.24, 2.45) is 0 Å². The Labute approximate surface area is 136 Å². The molecule has 2 atom stereocenters. The van der Waals surface area contributed by atoms with Gasteiger partial charge in [-0.15, -0.1) is 0 Å². The van der Waals surface area contributed by atoms with Gasteiger partial charge in [-0.25, -0.2) is 0 Å². The highest BCUT2D eigenvalue weighted by molar-refractivity contribution is 5.95. The van der Waals surface area contributed by atoms with E-state index in [0.717, 1.165) is 5.56 Å². The largest absolute Gasteiger partial charge is 0.452 e. The number of benzene rings is 2. The Kier molecular flexibility index (Phi) is 5.92. The molecule has 0 aromatic heterocycles. The predicted octanol–water partition coefficient (Wildman–Crippen LogP) is 3.75. The number of esters is 1. The van der Waals surface area contributed by atoms with Crippen LogP contribution in [0.1, 0.15) is 31.7 Å². The third-order valence-electron chi connectivity index (χ3n) is 3.60. The van der Waals surface area contributed by atoms with Crippen molar-refractivity contribution in [1.82, 2.24) is 0 Å². The second-order valence-corrected chi connectivity index (χ2v) is 5.31. The van der Waals surface area contributed by atoms with Gasteiger partial charge in [-0.05, 0) is 31.0 Å². The average molecular weight is 311 g/mol. The van der Waals surface area contributed by atoms with Crippen molar-refractivity contribution in [3.8, 4) is 0 Å². The second kappa shape index (κ2) is 8.13. The molecule has 0 saturated heterocycles. The third-order valence-corrected chi connectivity index (χ3v) is 3.60. The van der Waals surface area contributed by atoms with Crippen molar-refractivity contribution in [3.63, 3.8) is 0 Å². The van der Waals surface area contributed by atoms with E-state index in [2.05, 4.69) is 5.32 Å². The Balaban J connectivity index is 1.97. The van der Waals surface area contributed by atoms with Crippen molar-refractivity contribution >= 4 is 17.6 Å². The summed E-state index contributed by atoms with van der Waals surface area (Å²) in [5.74, 6) is -1.08. The van der Waals surface area contributed by atoms with Crippen molar-refractivity contribution in [2.75, 3.05) is 5.32 Å². The molecule has 0 saturated carbocycles. The van der Waals surface area contributed by atoms with Crippen molar-refractivity contribution in [2.45, 2.75) is 32.3 Å². The molecule has 0 fully saturated rings. The van der Waals surface area contributed by atoms with E-state index in [1.807, 2.05) is 55.5 Å². The molecule has 0 aliphatic carbocycles. The lowest BCUT2D eigenvalue weighted by molar-refractivity contribution is -0.154. The van der Waals surface area contributed by atoms with Gasteiger partial charge in [0.1, 0.15) is 0 Å². The molecule has 2 aromatic rings. The van der Waals surface area contributed by atoms with E-state index in [4.69, 9.17) is 4.74 Å². The van der Waals surface area contributed by atoms with Crippen LogP contribution in [0.4, 0.5) is 5.69 Å². The SMILES string of the molecule is CC[C@@H](C(=O)O[C@H](C)C(=O)Nc1ccccc1)c1ccccc1. The summed E-state index contributed by atoms with van der Waals surface area (Å²) >= 11 is 0. The summed E-state index contributed by atoms with van der Waals surface area (Å²) < 4.78 is 5.34. The molecule has 4 nitrogen and oxygen atoms in total. The summed E-state index contributed by atoms with van der Waals surface area (Å²) in [6.07, 6.45) is -0.226. The number of anilines is 1. The Morgan fingerprint density at radius 3 is 2.13 bits per heavy atom. The first kappa shape index (κ1) is 16.7. The first-order chi connectivity index (χ1) is 11.1. The number of carbonyl (C=O) groups is 2. The number of hydrogen-bond acceptors (Lipinski definition) is 3. The van der Waals surface area contributed by atoms with E-state index >= 15 is 0 Å². The molecule has 0 aliphatic rings. The lowest BCUT2D eigenvalue weighted by Gasteiger charge is -2.18. The van der Waals surface area contributed by atoms with E-state index in [0.29, 0.717) is 12.1 Å². The lowest BCUT2D eigenvalue weighted by Crippen LogP contribution is -2.31. The molecule has 0 unspecified atom stereocenters. The molecule has 1 amide bonds. The minimum atomic E-state index is -0.847. The fourth-order valence-corrected chi connectivity index (χ4v) is 2.30. The maximum absolute atomic E-state index is 12.3. The number of nitrogens with one attached hydrogen (secondary N) is 1. The van der Waals surface area contributed by atoms with Gasteiger partial charge in [0.25, 0.3) is 5.91 Å². The monoisotopic (exact) mass is 311 g/mol. The van der Waals surface area contributed by atoms with Crippen molar-refractivity contribution in [3.05, 3.63) is 66.2 Å². The molecule has 4 heteroatoms. The fourth-order valence-electron chi connectivity index (χ4n) is 2.30. The first-order valence-electron chi connectivity index (χ1n) is 7.73. The van der Waals surface area contributed by atoms with E-state index in [1.54, 1.807) is 19.1 Å². The van der Waals surface area contributed by atoms with E-state index < -0.39 is 6.10 Å². The second-order valence-electron chi connectivity index (χ2n) is 5.31. The van der Waals surface area contributed by atoms with Gasteiger partial charge in [0.15, 0.2) is 6.10 Å². The van der Waals surface area contributed by atoms with Gasteiger partial charge < -0.3 is 10.1 Å². The number of amides is 1. The van der Waals surface area contributed by atoms with Crippen LogP contribution in [0.25, 0.3) is 0 Å². The molecular weight excluding hydrogens is 290 g/mol. The zero-order valence-electron chi connectivity index (χ0n) is 13.4. The fraction of sp³-hybridized carbons (Fsp3) is 0.263. The van der Waals surface area contributed by atoms with Crippen LogP contribution in [-0.2, 0) is 14.3 Å². The Bertz CT molecular complexity index is 640. The van der Waals surface area contributed by atoms with Gasteiger partial charge in [0.2, 0.25) is 0 Å². The van der Waals surface area contributed by atoms with Crippen LogP contribution in [0.15, 0.2) is 60.7 Å². The molecule has 23 heavy (non-hydrogen) atoms. The molecule has 1 N–H and O–H groups in total. The lowest BCUT2D eigenvalue weighted by atomic mass is 9.97. The van der Waals surface area contributed by atoms with Crippen LogP contribution < -0.4 is 5.32 Å². The summed E-state index contributed by atoms with van der Waals surface area (Å²) in [6.45, 7) is 3.50. The van der Waals surface area contributed by atoms with E-state index in [-0.39, 0.29) is 17.8 Å². The molecule has 120 valence electrons. The number of carbonyl (C=O) groups excluding carboxylic acids is 2. The van der Waals surface area contributed by atoms with Crippen molar-refractivity contribution < 1.29 is 14.3 Å². The molecule has 0 aliphatic heterocycles. The third kappa shape index (κ3) is 4.68. The normalized spacial score (nSPS) is 13.0. The topological polar surface area (TPSA) is 55.4 Å². The van der Waals surface area contributed by atoms with E-state index in [1.165, 1.54) is 0 Å². The van der Waals surface area contributed by atoms with Crippen LogP contribution >= 0.6 is 0 Å². The minimum absolute atomic E-state index is 0.340. The van der Waals surface area contributed by atoms with Crippen LogP contribution in [0.5, 0.6) is 0 Å². The number of para-hydroxylation sites is 1. The highest BCUT2D eigenvalue weighted by atomic mass is 16.5. The molecule has 0 spiro atoms. The molecule has 2 aromatic carbocycles. The summed E-state index contributed by atoms with van der Waals surface area (Å²) in [6, 6.07) is 18.5. The van der Waals surface area contributed by atoms with Gasteiger partial charge >= 0.3 is 5.97 Å². The van der Waals surface area contributed by atoms with Gasteiger partial charge in [-0.2, -0.15) is 0 Å².